The van der Waals surface area contributed by atoms with Crippen LogP contribution in [0.25, 0.3) is 5.31 Å². The van der Waals surface area contributed by atoms with Gasteiger partial charge in [-0.25, -0.2) is 4.98 Å². The van der Waals surface area contributed by atoms with E-state index < -0.39 is 6.10 Å². The topological polar surface area (TPSA) is 38.0 Å². The summed E-state index contributed by atoms with van der Waals surface area (Å²) in [5.74, 6) is 7.34. The van der Waals surface area contributed by atoms with Gasteiger partial charge < -0.3 is 9.67 Å². The van der Waals surface area contributed by atoms with Gasteiger partial charge in [0.1, 0.15) is 11.9 Å². The van der Waals surface area contributed by atoms with E-state index >= 15 is 0 Å². The molecule has 4 heteroatoms. The summed E-state index contributed by atoms with van der Waals surface area (Å²) in [6, 6.07) is 8.50. The van der Waals surface area contributed by atoms with Crippen molar-refractivity contribution in [2.75, 3.05) is 6.66 Å². The number of hydrogen-bond donors (Lipinski definition) is 1. The fourth-order valence-corrected chi connectivity index (χ4v) is 3.66. The van der Waals surface area contributed by atoms with Crippen molar-refractivity contribution in [3.63, 3.8) is 0 Å². The third-order valence-electron chi connectivity index (χ3n) is 4.82. The molecule has 1 N–H and O–H groups in total. The fourth-order valence-electron chi connectivity index (χ4n) is 2.86. The van der Waals surface area contributed by atoms with Crippen LogP contribution < -0.4 is 0 Å². The summed E-state index contributed by atoms with van der Waals surface area (Å²) in [4.78, 5) is 4.22. The summed E-state index contributed by atoms with van der Waals surface area (Å²) in [5, 5.41) is 11.1. The maximum atomic E-state index is 9.80. The van der Waals surface area contributed by atoms with Gasteiger partial charge in [-0.15, -0.1) is 0 Å². The van der Waals surface area contributed by atoms with Crippen LogP contribution in [-0.4, -0.2) is 21.3 Å². The van der Waals surface area contributed by atoms with Gasteiger partial charge in [0, 0.05) is 29.9 Å². The van der Waals surface area contributed by atoms with Crippen LogP contribution in [0, 0.1) is 17.3 Å². The molecule has 0 aliphatic heterocycles. The first kappa shape index (κ1) is 19.6. The Morgan fingerprint density at radius 2 is 2.11 bits per heavy atom. The Hall–Kier alpha value is -2.14. The smallest absolute Gasteiger partial charge is 0.137 e. The largest absolute Gasteiger partial charge is 0.385 e. The molecule has 1 aromatic carbocycles. The summed E-state index contributed by atoms with van der Waals surface area (Å²) in [7, 11) is 0.669. The van der Waals surface area contributed by atoms with Crippen molar-refractivity contribution in [1.29, 1.82) is 0 Å². The molecule has 1 saturated carbocycles. The zero-order chi connectivity index (χ0) is 19.4. The fraction of sp³-hybridized carbons (Fsp3) is 0.348. The van der Waals surface area contributed by atoms with Gasteiger partial charge >= 0.3 is 0 Å². The first-order valence-electron chi connectivity index (χ1n) is 9.30. The average molecular weight is 378 g/mol. The minimum absolute atomic E-state index is 0.254. The Bertz CT molecular complexity index is 906. The maximum absolute atomic E-state index is 9.80. The minimum atomic E-state index is -0.587. The van der Waals surface area contributed by atoms with E-state index in [9.17, 15) is 5.11 Å². The number of allylic oxidation sites excluding steroid dienone is 2. The quantitative estimate of drug-likeness (QED) is 0.437. The molecule has 1 heterocycles. The lowest BCUT2D eigenvalue weighted by Crippen LogP contribution is -2.07. The molecule has 3 rings (SSSR count). The van der Waals surface area contributed by atoms with Crippen LogP contribution in [0.3, 0.4) is 0 Å². The standard InChI is InChI=1S/C23H27N2OP/c1-17(16-25-14-13-24-22(25)18(2)26)15-21(27-4)20-7-5-19(6-8-20)9-10-23(3)11-12-23/h5-8,13-15,18,26-27H,1,11-12,16H2,2-4H3/b21-15-/t18-/m0/s1. The van der Waals surface area contributed by atoms with Gasteiger partial charge in [-0.1, -0.05) is 39.1 Å². The molecule has 2 atom stereocenters. The first-order chi connectivity index (χ1) is 12.9. The summed E-state index contributed by atoms with van der Waals surface area (Å²) in [6.07, 6.45) is 7.59. The number of rotatable bonds is 6. The second kappa shape index (κ2) is 8.26. The molecule has 1 fully saturated rings. The molecule has 140 valence electrons. The van der Waals surface area contributed by atoms with Crippen LogP contribution in [0.2, 0.25) is 0 Å². The SMILES string of the molecule is C=C(/C=C(\PC)c1ccc(C#CC2(C)CC2)cc1)Cn1ccnc1[C@H](C)O. The van der Waals surface area contributed by atoms with Crippen LogP contribution in [0.1, 0.15) is 49.7 Å². The molecule has 0 radical (unpaired) electrons. The molecule has 0 spiro atoms. The number of benzene rings is 1. The lowest BCUT2D eigenvalue weighted by molar-refractivity contribution is 0.184. The van der Waals surface area contributed by atoms with E-state index in [-0.39, 0.29) is 5.41 Å². The molecule has 3 nitrogen and oxygen atoms in total. The average Bonchev–Trinajstić information content (AvgIpc) is 3.20. The van der Waals surface area contributed by atoms with Crippen molar-refractivity contribution in [3.8, 4) is 11.8 Å². The molecule has 27 heavy (non-hydrogen) atoms. The number of aliphatic hydroxyl groups is 1. The summed E-state index contributed by atoms with van der Waals surface area (Å²) in [6.45, 7) is 11.0. The molecule has 0 amide bonds. The van der Waals surface area contributed by atoms with Crippen molar-refractivity contribution in [2.45, 2.75) is 39.3 Å². The van der Waals surface area contributed by atoms with Gasteiger partial charge in [0.25, 0.3) is 0 Å². The number of imidazole rings is 1. The summed E-state index contributed by atoms with van der Waals surface area (Å²) in [5.41, 5.74) is 3.53. The number of nitrogens with zero attached hydrogens (tertiary/aromatic N) is 2. The third kappa shape index (κ3) is 5.19. The van der Waals surface area contributed by atoms with Crippen molar-refractivity contribution >= 4 is 13.9 Å². The Balaban J connectivity index is 1.72. The van der Waals surface area contributed by atoms with Crippen molar-refractivity contribution in [2.24, 2.45) is 5.41 Å². The van der Waals surface area contributed by atoms with Crippen LogP contribution >= 0.6 is 8.58 Å². The number of aromatic nitrogens is 2. The molecule has 1 aliphatic rings. The van der Waals surface area contributed by atoms with Crippen molar-refractivity contribution in [1.82, 2.24) is 9.55 Å². The molecular formula is C23H27N2OP. The Labute approximate surface area is 164 Å². The maximum Gasteiger partial charge on any atom is 0.137 e. The van der Waals surface area contributed by atoms with E-state index in [0.29, 0.717) is 20.9 Å². The van der Waals surface area contributed by atoms with E-state index in [1.165, 1.54) is 23.7 Å². The Morgan fingerprint density at radius 1 is 1.41 bits per heavy atom. The second-order valence-electron chi connectivity index (χ2n) is 7.44. The lowest BCUT2D eigenvalue weighted by Gasteiger charge is -2.11. The Kier molecular flexibility index (Phi) is 6.00. The van der Waals surface area contributed by atoms with Crippen LogP contribution in [0.15, 0.2) is 54.9 Å². The molecule has 0 bridgehead atoms. The van der Waals surface area contributed by atoms with E-state index in [1.807, 2.05) is 10.8 Å². The predicted octanol–water partition coefficient (Wildman–Crippen LogP) is 4.99. The lowest BCUT2D eigenvalue weighted by atomic mass is 10.1. The molecule has 0 saturated heterocycles. The zero-order valence-electron chi connectivity index (χ0n) is 16.3. The normalized spacial score (nSPS) is 16.8. The van der Waals surface area contributed by atoms with Gasteiger partial charge in [-0.05, 0) is 68.0 Å². The first-order valence-corrected chi connectivity index (χ1v) is 10.8. The van der Waals surface area contributed by atoms with Gasteiger partial charge in [0.05, 0.1) is 0 Å². The van der Waals surface area contributed by atoms with Gasteiger partial charge in [-0.2, -0.15) is 0 Å². The van der Waals surface area contributed by atoms with Crippen molar-refractivity contribution < 1.29 is 5.11 Å². The number of aliphatic hydroxyl groups excluding tert-OH is 1. The second-order valence-corrected chi connectivity index (χ2v) is 8.48. The zero-order valence-corrected chi connectivity index (χ0v) is 17.3. The number of hydrogen-bond acceptors (Lipinski definition) is 2. The van der Waals surface area contributed by atoms with Crippen LogP contribution in [0.5, 0.6) is 0 Å². The van der Waals surface area contributed by atoms with E-state index in [0.717, 1.165) is 11.1 Å². The highest BCUT2D eigenvalue weighted by atomic mass is 31.1. The molecule has 1 aromatic heterocycles. The van der Waals surface area contributed by atoms with Crippen molar-refractivity contribution in [3.05, 3.63) is 71.8 Å². The molecule has 1 unspecified atom stereocenters. The predicted molar refractivity (Wildman–Crippen MR) is 115 cm³/mol. The van der Waals surface area contributed by atoms with E-state index in [2.05, 4.69) is 67.3 Å². The highest BCUT2D eigenvalue weighted by Gasteiger charge is 2.35. The van der Waals surface area contributed by atoms with Crippen LogP contribution in [0.4, 0.5) is 0 Å². The monoisotopic (exact) mass is 378 g/mol. The van der Waals surface area contributed by atoms with Gasteiger partial charge in [0.15, 0.2) is 0 Å². The third-order valence-corrected chi connectivity index (χ3v) is 5.79. The highest BCUT2D eigenvalue weighted by molar-refractivity contribution is 7.49. The molecule has 1 aliphatic carbocycles. The van der Waals surface area contributed by atoms with E-state index in [1.54, 1.807) is 13.1 Å². The summed E-state index contributed by atoms with van der Waals surface area (Å²) < 4.78 is 1.94. The highest BCUT2D eigenvalue weighted by Crippen LogP contribution is 2.44. The Morgan fingerprint density at radius 3 is 2.70 bits per heavy atom. The minimum Gasteiger partial charge on any atom is -0.385 e. The summed E-state index contributed by atoms with van der Waals surface area (Å²) >= 11 is 0. The van der Waals surface area contributed by atoms with Crippen LogP contribution in [-0.2, 0) is 6.54 Å². The molecule has 2 aromatic rings. The van der Waals surface area contributed by atoms with Gasteiger partial charge in [-0.3, -0.25) is 0 Å². The van der Waals surface area contributed by atoms with E-state index in [4.69, 9.17) is 0 Å². The van der Waals surface area contributed by atoms with Gasteiger partial charge in [0.2, 0.25) is 0 Å². The molecular weight excluding hydrogens is 351 g/mol.